The van der Waals surface area contributed by atoms with Gasteiger partial charge in [-0.05, 0) is 54.1 Å². The Hall–Kier alpha value is -4.03. The van der Waals surface area contributed by atoms with Gasteiger partial charge in [0, 0.05) is 16.6 Å². The van der Waals surface area contributed by atoms with Crippen LogP contribution in [0.1, 0.15) is 49.0 Å². The summed E-state index contributed by atoms with van der Waals surface area (Å²) >= 11 is 0. The van der Waals surface area contributed by atoms with Crippen molar-refractivity contribution in [2.75, 3.05) is 5.32 Å². The highest BCUT2D eigenvalue weighted by molar-refractivity contribution is 6.11. The van der Waals surface area contributed by atoms with E-state index < -0.39 is 5.91 Å². The smallest absolute Gasteiger partial charge is 0.259 e. The van der Waals surface area contributed by atoms with Crippen LogP contribution in [0.5, 0.6) is 5.75 Å². The van der Waals surface area contributed by atoms with Crippen molar-refractivity contribution in [3.05, 3.63) is 96.1 Å². The normalized spacial score (nSPS) is 13.1. The zero-order valence-electron chi connectivity index (χ0n) is 20.0. The predicted molar refractivity (Wildman–Crippen MR) is 142 cm³/mol. The SMILES string of the molecule is CCCC(N)(CC)c1ccc(N=Nc2c(O)c(C(=O)Nc3ccccc3)cc3ccccc23)cc1. The minimum Gasteiger partial charge on any atom is -0.505 e. The second-order valence-corrected chi connectivity index (χ2v) is 8.67. The molecule has 0 bridgehead atoms. The number of hydrogen-bond donors (Lipinski definition) is 3. The first kappa shape index (κ1) is 24.1. The van der Waals surface area contributed by atoms with Crippen molar-refractivity contribution in [3.8, 4) is 5.75 Å². The summed E-state index contributed by atoms with van der Waals surface area (Å²) in [6.07, 6.45) is 2.76. The lowest BCUT2D eigenvalue weighted by Crippen LogP contribution is -2.35. The minimum absolute atomic E-state index is 0.132. The first-order valence-corrected chi connectivity index (χ1v) is 11.9. The monoisotopic (exact) mass is 466 g/mol. The second-order valence-electron chi connectivity index (χ2n) is 8.67. The molecule has 4 rings (SSSR count). The summed E-state index contributed by atoms with van der Waals surface area (Å²) in [5.41, 5.74) is 8.95. The lowest BCUT2D eigenvalue weighted by atomic mass is 9.84. The maximum atomic E-state index is 13.0. The number of benzene rings is 4. The van der Waals surface area contributed by atoms with Gasteiger partial charge in [-0.25, -0.2) is 0 Å². The number of nitrogens with one attached hydrogen (secondary N) is 1. The molecule has 4 aromatic rings. The van der Waals surface area contributed by atoms with Gasteiger partial charge in [-0.3, -0.25) is 4.79 Å². The Labute approximate surface area is 205 Å². The van der Waals surface area contributed by atoms with Crippen molar-refractivity contribution in [3.63, 3.8) is 0 Å². The molecule has 1 atom stereocenters. The third kappa shape index (κ3) is 5.23. The number of phenols is 1. The molecule has 0 aliphatic heterocycles. The van der Waals surface area contributed by atoms with Gasteiger partial charge in [-0.15, -0.1) is 5.11 Å². The zero-order chi connectivity index (χ0) is 24.8. The number of carbonyl (C=O) groups excluding carboxylic acids is 1. The van der Waals surface area contributed by atoms with Gasteiger partial charge in [0.2, 0.25) is 0 Å². The van der Waals surface area contributed by atoms with Crippen molar-refractivity contribution in [2.45, 2.75) is 38.6 Å². The maximum Gasteiger partial charge on any atom is 0.259 e. The summed E-state index contributed by atoms with van der Waals surface area (Å²) < 4.78 is 0. The van der Waals surface area contributed by atoms with Crippen LogP contribution in [-0.4, -0.2) is 11.0 Å². The molecular formula is C29H30N4O2. The molecule has 35 heavy (non-hydrogen) atoms. The van der Waals surface area contributed by atoms with E-state index in [-0.39, 0.29) is 22.5 Å². The lowest BCUT2D eigenvalue weighted by Gasteiger charge is -2.28. The van der Waals surface area contributed by atoms with Crippen LogP contribution in [0.15, 0.2) is 95.2 Å². The van der Waals surface area contributed by atoms with Crippen LogP contribution in [0.4, 0.5) is 17.1 Å². The van der Waals surface area contributed by atoms with Crippen molar-refractivity contribution < 1.29 is 9.90 Å². The van der Waals surface area contributed by atoms with Crippen LogP contribution in [0.2, 0.25) is 0 Å². The Morgan fingerprint density at radius 1 is 0.943 bits per heavy atom. The summed E-state index contributed by atoms with van der Waals surface area (Å²) in [7, 11) is 0. The molecule has 0 saturated carbocycles. The highest BCUT2D eigenvalue weighted by atomic mass is 16.3. The summed E-state index contributed by atoms with van der Waals surface area (Å²) in [5.74, 6) is -0.637. The molecule has 0 radical (unpaired) electrons. The summed E-state index contributed by atoms with van der Waals surface area (Å²) in [6, 6.07) is 25.9. The van der Waals surface area contributed by atoms with E-state index in [9.17, 15) is 9.90 Å². The van der Waals surface area contributed by atoms with Gasteiger partial charge in [0.25, 0.3) is 5.91 Å². The fourth-order valence-electron chi connectivity index (χ4n) is 4.25. The van der Waals surface area contributed by atoms with Crippen LogP contribution in [0.25, 0.3) is 10.8 Å². The molecule has 0 aliphatic carbocycles. The number of aromatic hydroxyl groups is 1. The molecule has 178 valence electrons. The maximum absolute atomic E-state index is 13.0. The van der Waals surface area contributed by atoms with Gasteiger partial charge in [0.15, 0.2) is 5.75 Å². The van der Waals surface area contributed by atoms with E-state index >= 15 is 0 Å². The molecule has 0 saturated heterocycles. The highest BCUT2D eigenvalue weighted by Gasteiger charge is 2.24. The average Bonchev–Trinajstić information content (AvgIpc) is 2.88. The van der Waals surface area contributed by atoms with E-state index in [4.69, 9.17) is 5.73 Å². The predicted octanol–water partition coefficient (Wildman–Crippen LogP) is 7.58. The molecule has 6 nitrogen and oxygen atoms in total. The van der Waals surface area contributed by atoms with Crippen molar-refractivity contribution >= 4 is 33.7 Å². The van der Waals surface area contributed by atoms with Crippen LogP contribution in [0, 0.1) is 0 Å². The van der Waals surface area contributed by atoms with Gasteiger partial charge in [-0.2, -0.15) is 5.11 Å². The molecular weight excluding hydrogens is 436 g/mol. The van der Waals surface area contributed by atoms with Gasteiger partial charge in [-0.1, -0.05) is 74.9 Å². The first-order valence-electron chi connectivity index (χ1n) is 11.9. The number of phenolic OH excluding ortho intramolecular Hbond substituents is 1. The van der Waals surface area contributed by atoms with Gasteiger partial charge >= 0.3 is 0 Å². The first-order chi connectivity index (χ1) is 16.9. The van der Waals surface area contributed by atoms with Crippen molar-refractivity contribution in [1.82, 2.24) is 0 Å². The lowest BCUT2D eigenvalue weighted by molar-refractivity contribution is 0.102. The third-order valence-electron chi connectivity index (χ3n) is 6.31. The topological polar surface area (TPSA) is 100 Å². The van der Waals surface area contributed by atoms with E-state index in [1.54, 1.807) is 18.2 Å². The number of anilines is 1. The van der Waals surface area contributed by atoms with E-state index in [0.717, 1.165) is 30.2 Å². The van der Waals surface area contributed by atoms with Gasteiger partial charge in [0.1, 0.15) is 5.69 Å². The van der Waals surface area contributed by atoms with E-state index in [2.05, 4.69) is 29.4 Å². The number of carbonyl (C=O) groups is 1. The number of nitrogens with zero attached hydrogens (tertiary/aromatic N) is 2. The molecule has 4 N–H and O–H groups in total. The molecule has 6 heteroatoms. The fourth-order valence-corrected chi connectivity index (χ4v) is 4.25. The number of fused-ring (bicyclic) bond motifs is 1. The van der Waals surface area contributed by atoms with E-state index in [1.807, 2.05) is 66.7 Å². The van der Waals surface area contributed by atoms with Crippen LogP contribution < -0.4 is 11.1 Å². The number of azo groups is 1. The number of nitrogens with two attached hydrogens (primary N) is 1. The van der Waals surface area contributed by atoms with Crippen LogP contribution in [0.3, 0.4) is 0 Å². The summed E-state index contributed by atoms with van der Waals surface area (Å²) in [4.78, 5) is 13.0. The highest BCUT2D eigenvalue weighted by Crippen LogP contribution is 2.40. The number of hydrogen-bond acceptors (Lipinski definition) is 5. The zero-order valence-corrected chi connectivity index (χ0v) is 20.0. The minimum atomic E-state index is -0.421. The molecule has 0 fully saturated rings. The molecule has 1 unspecified atom stereocenters. The Morgan fingerprint density at radius 2 is 1.63 bits per heavy atom. The van der Waals surface area contributed by atoms with Crippen LogP contribution >= 0.6 is 0 Å². The number of amides is 1. The van der Waals surface area contributed by atoms with E-state index in [1.165, 1.54) is 0 Å². The van der Waals surface area contributed by atoms with Crippen molar-refractivity contribution in [1.29, 1.82) is 0 Å². The molecule has 0 heterocycles. The van der Waals surface area contributed by atoms with E-state index in [0.29, 0.717) is 16.8 Å². The molecule has 0 spiro atoms. The summed E-state index contributed by atoms with van der Waals surface area (Å²) in [5, 5.41) is 24.1. The number of rotatable bonds is 8. The molecule has 1 amide bonds. The molecule has 4 aromatic carbocycles. The summed E-state index contributed by atoms with van der Waals surface area (Å²) in [6.45, 7) is 4.23. The molecule has 0 aliphatic rings. The Balaban J connectivity index is 1.68. The standard InChI is InChI=1S/C29H30N4O2/c1-3-18-29(30,4-2)21-14-16-23(17-15-21)32-33-26-24-13-9-8-10-20(24)19-25(27(26)34)28(35)31-22-11-6-5-7-12-22/h5-17,19,34H,3-4,18,30H2,1-2H3,(H,31,35). The average molecular weight is 467 g/mol. The molecule has 0 aromatic heterocycles. The van der Waals surface area contributed by atoms with Gasteiger partial charge in [0.05, 0.1) is 11.3 Å². The van der Waals surface area contributed by atoms with Crippen molar-refractivity contribution in [2.24, 2.45) is 16.0 Å². The Bertz CT molecular complexity index is 1350. The fraction of sp³-hybridized carbons (Fsp3) is 0.207. The number of para-hydroxylation sites is 1. The van der Waals surface area contributed by atoms with Crippen LogP contribution in [-0.2, 0) is 5.54 Å². The Kier molecular flexibility index (Phi) is 7.22. The largest absolute Gasteiger partial charge is 0.505 e. The second kappa shape index (κ2) is 10.5. The Morgan fingerprint density at radius 3 is 2.31 bits per heavy atom. The van der Waals surface area contributed by atoms with Gasteiger partial charge < -0.3 is 16.2 Å². The quantitative estimate of drug-likeness (QED) is 0.233. The third-order valence-corrected chi connectivity index (χ3v) is 6.31.